The molecule has 1 amide bonds. The first-order valence-electron chi connectivity index (χ1n) is 8.98. The Morgan fingerprint density at radius 1 is 1.13 bits per heavy atom. The van der Waals surface area contributed by atoms with Crippen LogP contribution in [-0.4, -0.2) is 43.9 Å². The van der Waals surface area contributed by atoms with Gasteiger partial charge in [-0.2, -0.15) is 17.5 Å². The van der Waals surface area contributed by atoms with Crippen molar-refractivity contribution < 1.29 is 31.5 Å². The Labute approximate surface area is 173 Å². The summed E-state index contributed by atoms with van der Waals surface area (Å²) in [6, 6.07) is 9.09. The third kappa shape index (κ3) is 5.59. The first-order chi connectivity index (χ1) is 13.8. The van der Waals surface area contributed by atoms with Gasteiger partial charge in [-0.1, -0.05) is 24.3 Å². The monoisotopic (exact) mass is 444 g/mol. The van der Waals surface area contributed by atoms with Crippen molar-refractivity contribution in [3.8, 4) is 0 Å². The lowest BCUT2D eigenvalue weighted by Gasteiger charge is -2.20. The lowest BCUT2D eigenvalue weighted by molar-refractivity contribution is -0.139. The second-order valence-corrected chi connectivity index (χ2v) is 8.96. The molecule has 2 N–H and O–H groups in total. The molecule has 0 aromatic heterocycles. The number of aliphatic hydroxyl groups is 1. The molecule has 10 heteroatoms. The molecule has 30 heavy (non-hydrogen) atoms. The van der Waals surface area contributed by atoms with Gasteiger partial charge in [-0.15, -0.1) is 0 Å². The third-order valence-electron chi connectivity index (χ3n) is 4.67. The molecule has 1 atom stereocenters. The number of sulfonamides is 1. The number of hydrogen-bond acceptors (Lipinski definition) is 4. The van der Waals surface area contributed by atoms with Crippen LogP contribution >= 0.6 is 0 Å². The summed E-state index contributed by atoms with van der Waals surface area (Å²) in [7, 11) is -2.71. The Morgan fingerprint density at radius 2 is 1.77 bits per heavy atom. The van der Waals surface area contributed by atoms with E-state index in [2.05, 4.69) is 5.32 Å². The number of carbonyl (C=O) groups is 1. The number of benzene rings is 2. The van der Waals surface area contributed by atoms with Crippen LogP contribution in [0.3, 0.4) is 0 Å². The standard InChI is InChI=1S/C20H23F3N2O4S/c1-13-8-9-15(10-14(13)2)30(28,29)25(3)12-19(27)24-11-18(26)16-6-4-5-7-17(16)20(21,22)23/h4-10,18,26H,11-12H2,1-3H3,(H,24,27). The van der Waals surface area contributed by atoms with Gasteiger partial charge >= 0.3 is 6.18 Å². The second-order valence-electron chi connectivity index (χ2n) is 6.91. The molecule has 6 nitrogen and oxygen atoms in total. The molecule has 0 saturated heterocycles. The van der Waals surface area contributed by atoms with Gasteiger partial charge in [-0.3, -0.25) is 4.79 Å². The predicted octanol–water partition coefficient (Wildman–Crippen LogP) is 2.79. The van der Waals surface area contributed by atoms with Crippen molar-refractivity contribution in [3.63, 3.8) is 0 Å². The lowest BCUT2D eigenvalue weighted by atomic mass is 10.0. The predicted molar refractivity (Wildman–Crippen MR) is 105 cm³/mol. The Kier molecular flexibility index (Phi) is 7.27. The zero-order chi connectivity index (χ0) is 22.7. The summed E-state index contributed by atoms with van der Waals surface area (Å²) < 4.78 is 65.2. The van der Waals surface area contributed by atoms with Crippen LogP contribution in [0.4, 0.5) is 13.2 Å². The van der Waals surface area contributed by atoms with Crippen LogP contribution in [0.15, 0.2) is 47.4 Å². The van der Waals surface area contributed by atoms with Crippen molar-refractivity contribution in [2.24, 2.45) is 0 Å². The van der Waals surface area contributed by atoms with Gasteiger partial charge in [0, 0.05) is 13.6 Å². The maximum Gasteiger partial charge on any atom is 0.416 e. The minimum Gasteiger partial charge on any atom is -0.387 e. The number of nitrogens with zero attached hydrogens (tertiary/aromatic N) is 1. The van der Waals surface area contributed by atoms with Gasteiger partial charge < -0.3 is 10.4 Å². The van der Waals surface area contributed by atoms with Crippen molar-refractivity contribution >= 4 is 15.9 Å². The van der Waals surface area contributed by atoms with Crippen LogP contribution in [0.25, 0.3) is 0 Å². The number of rotatable bonds is 7. The van der Waals surface area contributed by atoms with Crippen molar-refractivity contribution in [3.05, 3.63) is 64.7 Å². The van der Waals surface area contributed by atoms with Gasteiger partial charge in [-0.05, 0) is 48.7 Å². The Hall–Kier alpha value is -2.43. The summed E-state index contributed by atoms with van der Waals surface area (Å²) >= 11 is 0. The molecule has 0 heterocycles. The Bertz CT molecular complexity index is 1020. The fourth-order valence-electron chi connectivity index (χ4n) is 2.76. The van der Waals surface area contributed by atoms with Gasteiger partial charge in [0.25, 0.3) is 0 Å². The molecule has 0 radical (unpaired) electrons. The Balaban J connectivity index is 2.03. The zero-order valence-electron chi connectivity index (χ0n) is 16.7. The highest BCUT2D eigenvalue weighted by molar-refractivity contribution is 7.89. The molecule has 0 aliphatic carbocycles. The first-order valence-corrected chi connectivity index (χ1v) is 10.4. The van der Waals surface area contributed by atoms with E-state index >= 15 is 0 Å². The molecule has 2 aromatic carbocycles. The van der Waals surface area contributed by atoms with Gasteiger partial charge in [0.05, 0.1) is 23.1 Å². The zero-order valence-corrected chi connectivity index (χ0v) is 17.5. The summed E-state index contributed by atoms with van der Waals surface area (Å²) in [6.07, 6.45) is -6.25. The number of hydrogen-bond donors (Lipinski definition) is 2. The molecule has 1 unspecified atom stereocenters. The van der Waals surface area contributed by atoms with Crippen molar-refractivity contribution in [2.45, 2.75) is 31.0 Å². The molecule has 164 valence electrons. The fraction of sp³-hybridized carbons (Fsp3) is 0.350. The van der Waals surface area contributed by atoms with E-state index in [9.17, 15) is 31.5 Å². The summed E-state index contributed by atoms with van der Waals surface area (Å²) in [5.41, 5.74) is 0.324. The highest BCUT2D eigenvalue weighted by atomic mass is 32.2. The van der Waals surface area contributed by atoms with Crippen LogP contribution < -0.4 is 5.32 Å². The number of likely N-dealkylation sites (N-methyl/N-ethyl adjacent to an activating group) is 1. The SMILES string of the molecule is Cc1ccc(S(=O)(=O)N(C)CC(=O)NCC(O)c2ccccc2C(F)(F)F)cc1C. The quantitative estimate of drug-likeness (QED) is 0.688. The molecule has 0 aliphatic rings. The molecule has 0 aliphatic heterocycles. The van der Waals surface area contributed by atoms with E-state index in [0.29, 0.717) is 0 Å². The average Bonchev–Trinajstić information content (AvgIpc) is 2.67. The van der Waals surface area contributed by atoms with E-state index < -0.39 is 46.9 Å². The second kappa shape index (κ2) is 9.15. The van der Waals surface area contributed by atoms with Gasteiger partial charge in [0.2, 0.25) is 15.9 Å². The topological polar surface area (TPSA) is 86.7 Å². The molecule has 0 saturated carbocycles. The van der Waals surface area contributed by atoms with E-state index in [-0.39, 0.29) is 10.5 Å². The van der Waals surface area contributed by atoms with Crippen LogP contribution in [0, 0.1) is 13.8 Å². The van der Waals surface area contributed by atoms with Crippen molar-refractivity contribution in [1.82, 2.24) is 9.62 Å². The van der Waals surface area contributed by atoms with Crippen LogP contribution in [0.2, 0.25) is 0 Å². The minimum absolute atomic E-state index is 0.0278. The largest absolute Gasteiger partial charge is 0.416 e. The van der Waals surface area contributed by atoms with Crippen molar-refractivity contribution in [1.29, 1.82) is 0 Å². The number of aryl methyl sites for hydroxylation is 2. The number of nitrogens with one attached hydrogen (secondary N) is 1. The van der Waals surface area contributed by atoms with Crippen LogP contribution in [-0.2, 0) is 21.0 Å². The van der Waals surface area contributed by atoms with Crippen molar-refractivity contribution in [2.75, 3.05) is 20.1 Å². The highest BCUT2D eigenvalue weighted by Crippen LogP contribution is 2.34. The first kappa shape index (κ1) is 23.8. The van der Waals surface area contributed by atoms with Gasteiger partial charge in [-0.25, -0.2) is 8.42 Å². The summed E-state index contributed by atoms with van der Waals surface area (Å²) in [4.78, 5) is 12.1. The maximum absolute atomic E-state index is 13.1. The molecular weight excluding hydrogens is 421 g/mol. The summed E-state index contributed by atoms with van der Waals surface area (Å²) in [5.74, 6) is -0.756. The number of carbonyl (C=O) groups excluding carboxylic acids is 1. The van der Waals surface area contributed by atoms with Gasteiger partial charge in [0.15, 0.2) is 0 Å². The van der Waals surface area contributed by atoms with E-state index in [1.807, 2.05) is 6.92 Å². The molecule has 0 bridgehead atoms. The van der Waals surface area contributed by atoms with E-state index in [0.717, 1.165) is 27.6 Å². The average molecular weight is 444 g/mol. The Morgan fingerprint density at radius 3 is 2.37 bits per heavy atom. The van der Waals surface area contributed by atoms with E-state index in [4.69, 9.17) is 0 Å². The van der Waals surface area contributed by atoms with Gasteiger partial charge in [0.1, 0.15) is 0 Å². The number of alkyl halides is 3. The third-order valence-corrected chi connectivity index (χ3v) is 6.47. The maximum atomic E-state index is 13.1. The molecule has 2 aromatic rings. The molecule has 0 spiro atoms. The fourth-order valence-corrected chi connectivity index (χ4v) is 3.98. The number of aliphatic hydroxyl groups excluding tert-OH is 1. The summed E-state index contributed by atoms with van der Waals surface area (Å²) in [5, 5.41) is 12.4. The number of halogens is 3. The van der Waals surface area contributed by atoms with Crippen LogP contribution in [0.5, 0.6) is 0 Å². The minimum atomic E-state index is -4.65. The lowest BCUT2D eigenvalue weighted by Crippen LogP contribution is -2.39. The molecule has 0 fully saturated rings. The summed E-state index contributed by atoms with van der Waals surface area (Å²) in [6.45, 7) is 2.55. The normalized spacial score (nSPS) is 13.3. The van der Waals surface area contributed by atoms with Crippen LogP contribution in [0.1, 0.15) is 28.4 Å². The highest BCUT2D eigenvalue weighted by Gasteiger charge is 2.34. The smallest absolute Gasteiger partial charge is 0.387 e. The van der Waals surface area contributed by atoms with E-state index in [1.165, 1.54) is 31.3 Å². The molecule has 2 rings (SSSR count). The number of amides is 1. The molecular formula is C20H23F3N2O4S. The van der Waals surface area contributed by atoms with E-state index in [1.54, 1.807) is 13.0 Å².